The Morgan fingerprint density at radius 1 is 1.50 bits per heavy atom. The Labute approximate surface area is 73.8 Å². The first kappa shape index (κ1) is 9.26. The summed E-state index contributed by atoms with van der Waals surface area (Å²) in [5, 5.41) is 3.18. The van der Waals surface area contributed by atoms with Gasteiger partial charge < -0.3 is 9.88 Å². The molecule has 1 aromatic rings. The molecule has 1 N–H and O–H groups in total. The highest BCUT2D eigenvalue weighted by atomic mass is 15.1. The van der Waals surface area contributed by atoms with Gasteiger partial charge in [0.25, 0.3) is 0 Å². The smallest absolute Gasteiger partial charge is 0.0948 e. The van der Waals surface area contributed by atoms with E-state index in [-0.39, 0.29) is 0 Å². The lowest BCUT2D eigenvalue weighted by Gasteiger charge is -2.20. The van der Waals surface area contributed by atoms with E-state index >= 15 is 0 Å². The van der Waals surface area contributed by atoms with Crippen molar-refractivity contribution in [2.24, 2.45) is 5.92 Å². The molecule has 0 saturated carbocycles. The van der Waals surface area contributed by atoms with Crippen LogP contribution < -0.4 is 5.32 Å². The average Bonchev–Trinajstić information content (AvgIpc) is 2.55. The van der Waals surface area contributed by atoms with Crippen molar-refractivity contribution < 1.29 is 0 Å². The van der Waals surface area contributed by atoms with Gasteiger partial charge in [0.15, 0.2) is 0 Å². The summed E-state index contributed by atoms with van der Waals surface area (Å²) in [5.41, 5.74) is 0. The number of imidazole rings is 1. The quantitative estimate of drug-likeness (QED) is 0.732. The van der Waals surface area contributed by atoms with E-state index in [1.807, 2.05) is 25.8 Å². The molecule has 0 bridgehead atoms. The molecule has 2 unspecified atom stereocenters. The Morgan fingerprint density at radius 2 is 2.25 bits per heavy atom. The zero-order valence-corrected chi connectivity index (χ0v) is 7.99. The molecule has 2 atom stereocenters. The summed E-state index contributed by atoms with van der Waals surface area (Å²) in [5.74, 6) is 0.629. The Morgan fingerprint density at radius 3 is 2.75 bits per heavy atom. The van der Waals surface area contributed by atoms with Crippen molar-refractivity contribution in [3.8, 4) is 0 Å². The molecule has 0 spiro atoms. The van der Waals surface area contributed by atoms with Crippen LogP contribution >= 0.6 is 0 Å². The zero-order valence-electron chi connectivity index (χ0n) is 7.99. The molecule has 3 heteroatoms. The van der Waals surface area contributed by atoms with Gasteiger partial charge in [0, 0.05) is 18.4 Å². The molecule has 1 aromatic heterocycles. The molecule has 1 rings (SSSR count). The third-order valence-electron chi connectivity index (χ3n) is 2.34. The third-order valence-corrected chi connectivity index (χ3v) is 2.34. The molecule has 1 heterocycles. The van der Waals surface area contributed by atoms with Gasteiger partial charge in [0.05, 0.1) is 6.33 Å². The molecule has 0 fully saturated rings. The molecule has 0 aliphatic rings. The number of nitrogens with one attached hydrogen (secondary N) is 1. The summed E-state index contributed by atoms with van der Waals surface area (Å²) in [6, 6.07) is 0.514. The lowest BCUT2D eigenvalue weighted by molar-refractivity contribution is 0.369. The van der Waals surface area contributed by atoms with Crippen molar-refractivity contribution >= 4 is 0 Å². The molecule has 0 aromatic carbocycles. The van der Waals surface area contributed by atoms with Gasteiger partial charge in [-0.05, 0) is 26.4 Å². The number of aromatic nitrogens is 2. The largest absolute Gasteiger partial charge is 0.334 e. The van der Waals surface area contributed by atoms with E-state index in [1.54, 1.807) is 0 Å². The van der Waals surface area contributed by atoms with Gasteiger partial charge in [-0.3, -0.25) is 0 Å². The minimum Gasteiger partial charge on any atom is -0.334 e. The summed E-state index contributed by atoms with van der Waals surface area (Å²) in [6.07, 6.45) is 5.70. The Kier molecular flexibility index (Phi) is 3.29. The summed E-state index contributed by atoms with van der Waals surface area (Å²) in [6.45, 7) is 5.49. The van der Waals surface area contributed by atoms with Crippen LogP contribution in [0.1, 0.15) is 19.9 Å². The molecular formula is C9H17N3. The van der Waals surface area contributed by atoms with Crippen molar-refractivity contribution in [2.45, 2.75) is 19.9 Å². The molecule has 0 saturated heterocycles. The second kappa shape index (κ2) is 4.26. The van der Waals surface area contributed by atoms with Gasteiger partial charge in [-0.2, -0.15) is 0 Å². The van der Waals surface area contributed by atoms with Crippen LogP contribution in [-0.4, -0.2) is 23.1 Å². The number of rotatable bonds is 4. The van der Waals surface area contributed by atoms with Crippen LogP contribution in [0.4, 0.5) is 0 Å². The van der Waals surface area contributed by atoms with Gasteiger partial charge in [-0.25, -0.2) is 4.98 Å². The predicted molar refractivity (Wildman–Crippen MR) is 50.0 cm³/mol. The van der Waals surface area contributed by atoms with Crippen LogP contribution in [0.25, 0.3) is 0 Å². The second-order valence-corrected chi connectivity index (χ2v) is 3.29. The lowest BCUT2D eigenvalue weighted by Crippen LogP contribution is -2.23. The first-order valence-corrected chi connectivity index (χ1v) is 4.37. The Balaban J connectivity index is 2.53. The molecule has 0 aliphatic heterocycles. The van der Waals surface area contributed by atoms with Gasteiger partial charge in [0.2, 0.25) is 0 Å². The average molecular weight is 167 g/mol. The Hall–Kier alpha value is -0.830. The zero-order chi connectivity index (χ0) is 8.97. The Bertz CT molecular complexity index is 206. The SMILES string of the molecule is CNCC(C)C(C)n1ccnc1. The number of hydrogen-bond acceptors (Lipinski definition) is 2. The van der Waals surface area contributed by atoms with E-state index in [4.69, 9.17) is 0 Å². The van der Waals surface area contributed by atoms with Crippen LogP contribution in [-0.2, 0) is 0 Å². The van der Waals surface area contributed by atoms with Gasteiger partial charge in [-0.15, -0.1) is 0 Å². The molecule has 0 amide bonds. The standard InChI is InChI=1S/C9H17N3/c1-8(6-10-3)9(2)12-5-4-11-7-12/h4-5,7-10H,6H2,1-3H3. The van der Waals surface area contributed by atoms with E-state index in [9.17, 15) is 0 Å². The summed E-state index contributed by atoms with van der Waals surface area (Å²) in [7, 11) is 1.98. The highest BCUT2D eigenvalue weighted by molar-refractivity contribution is 4.81. The third kappa shape index (κ3) is 2.08. The highest BCUT2D eigenvalue weighted by Gasteiger charge is 2.11. The van der Waals surface area contributed by atoms with E-state index in [1.165, 1.54) is 0 Å². The molecule has 3 nitrogen and oxygen atoms in total. The molecule has 68 valence electrons. The first-order valence-electron chi connectivity index (χ1n) is 4.37. The molecule has 0 radical (unpaired) electrons. The van der Waals surface area contributed by atoms with Gasteiger partial charge >= 0.3 is 0 Å². The van der Waals surface area contributed by atoms with Crippen molar-refractivity contribution in [1.29, 1.82) is 0 Å². The fourth-order valence-corrected chi connectivity index (χ4v) is 1.30. The second-order valence-electron chi connectivity index (χ2n) is 3.29. The van der Waals surface area contributed by atoms with Crippen LogP contribution in [0.15, 0.2) is 18.7 Å². The maximum absolute atomic E-state index is 4.03. The normalized spacial score (nSPS) is 15.9. The van der Waals surface area contributed by atoms with Crippen LogP contribution in [0.2, 0.25) is 0 Å². The monoisotopic (exact) mass is 167 g/mol. The summed E-state index contributed by atoms with van der Waals surface area (Å²) in [4.78, 5) is 4.03. The van der Waals surface area contributed by atoms with Gasteiger partial charge in [0.1, 0.15) is 0 Å². The number of hydrogen-bond donors (Lipinski definition) is 1. The van der Waals surface area contributed by atoms with Crippen molar-refractivity contribution in [1.82, 2.24) is 14.9 Å². The van der Waals surface area contributed by atoms with E-state index in [2.05, 4.69) is 28.7 Å². The van der Waals surface area contributed by atoms with Crippen LogP contribution in [0, 0.1) is 5.92 Å². The molecular weight excluding hydrogens is 150 g/mol. The lowest BCUT2D eigenvalue weighted by atomic mass is 10.0. The fourth-order valence-electron chi connectivity index (χ4n) is 1.30. The topological polar surface area (TPSA) is 29.9 Å². The number of nitrogens with zero attached hydrogens (tertiary/aromatic N) is 2. The predicted octanol–water partition coefficient (Wildman–Crippen LogP) is 1.30. The fraction of sp³-hybridized carbons (Fsp3) is 0.667. The van der Waals surface area contributed by atoms with Gasteiger partial charge in [-0.1, -0.05) is 6.92 Å². The van der Waals surface area contributed by atoms with Crippen LogP contribution in [0.5, 0.6) is 0 Å². The summed E-state index contributed by atoms with van der Waals surface area (Å²) < 4.78 is 2.14. The minimum atomic E-state index is 0.514. The van der Waals surface area contributed by atoms with E-state index < -0.39 is 0 Å². The van der Waals surface area contributed by atoms with E-state index in [0.717, 1.165) is 6.54 Å². The molecule has 0 aliphatic carbocycles. The maximum Gasteiger partial charge on any atom is 0.0948 e. The summed E-state index contributed by atoms with van der Waals surface area (Å²) >= 11 is 0. The molecule has 12 heavy (non-hydrogen) atoms. The van der Waals surface area contributed by atoms with Crippen LogP contribution in [0.3, 0.4) is 0 Å². The van der Waals surface area contributed by atoms with Crippen molar-refractivity contribution in [2.75, 3.05) is 13.6 Å². The van der Waals surface area contributed by atoms with Crippen molar-refractivity contribution in [3.63, 3.8) is 0 Å². The minimum absolute atomic E-state index is 0.514. The van der Waals surface area contributed by atoms with Crippen molar-refractivity contribution in [3.05, 3.63) is 18.7 Å². The maximum atomic E-state index is 4.03. The van der Waals surface area contributed by atoms with E-state index in [0.29, 0.717) is 12.0 Å². The highest BCUT2D eigenvalue weighted by Crippen LogP contribution is 2.15. The first-order chi connectivity index (χ1) is 5.75.